The molecule has 0 aliphatic heterocycles. The molecule has 108 valence electrons. The molecule has 1 aromatic heterocycles. The number of carbonyl (C=O) groups is 1. The van der Waals surface area contributed by atoms with Gasteiger partial charge in [-0.3, -0.25) is 4.79 Å². The van der Waals surface area contributed by atoms with Crippen LogP contribution in [0, 0.1) is 0 Å². The van der Waals surface area contributed by atoms with Crippen molar-refractivity contribution in [2.24, 2.45) is 0 Å². The minimum absolute atomic E-state index is 0.0590. The molecule has 1 heterocycles. The van der Waals surface area contributed by atoms with Crippen LogP contribution in [0.3, 0.4) is 0 Å². The lowest BCUT2D eigenvalue weighted by Gasteiger charge is -2.06. The van der Waals surface area contributed by atoms with E-state index in [9.17, 15) is 18.0 Å². The second-order valence-corrected chi connectivity index (χ2v) is 4.52. The molecular formula is C13H10ClF3O3. The first kappa shape index (κ1) is 14.9. The highest BCUT2D eigenvalue weighted by Gasteiger charge is 2.27. The molecule has 3 nitrogen and oxygen atoms in total. The molecule has 1 aromatic carbocycles. The van der Waals surface area contributed by atoms with Gasteiger partial charge in [0.05, 0.1) is 11.6 Å². The Hall–Kier alpha value is -1.53. The van der Waals surface area contributed by atoms with E-state index in [0.29, 0.717) is 16.0 Å². The van der Waals surface area contributed by atoms with Crippen molar-refractivity contribution >= 4 is 28.4 Å². The predicted octanol–water partition coefficient (Wildman–Crippen LogP) is 4.24. The van der Waals surface area contributed by atoms with E-state index in [-0.39, 0.29) is 18.8 Å². The predicted molar refractivity (Wildman–Crippen MR) is 67.0 cm³/mol. The highest BCUT2D eigenvalue weighted by Crippen LogP contribution is 2.27. The molecule has 0 aliphatic carbocycles. The highest BCUT2D eigenvalue weighted by atomic mass is 35.5. The summed E-state index contributed by atoms with van der Waals surface area (Å²) >= 11 is 5.90. The van der Waals surface area contributed by atoms with Crippen molar-refractivity contribution in [1.82, 2.24) is 0 Å². The lowest BCUT2D eigenvalue weighted by atomic mass is 10.2. The Morgan fingerprint density at radius 1 is 1.35 bits per heavy atom. The second kappa shape index (κ2) is 5.85. The number of ketones is 1. The summed E-state index contributed by atoms with van der Waals surface area (Å²) in [6.07, 6.45) is -4.58. The number of Topliss-reactive ketones (excluding diaryl/α,β-unsaturated/α-hetero) is 1. The Morgan fingerprint density at radius 2 is 2.10 bits per heavy atom. The number of benzene rings is 1. The molecule has 0 spiro atoms. The fraction of sp³-hybridized carbons (Fsp3) is 0.308. The van der Waals surface area contributed by atoms with Crippen molar-refractivity contribution < 1.29 is 27.1 Å². The summed E-state index contributed by atoms with van der Waals surface area (Å²) in [4.78, 5) is 11.8. The SMILES string of the molecule is O=C(CCOCC(F)(F)F)c1cc2cccc(Cl)c2o1. The molecule has 0 fully saturated rings. The number of para-hydroxylation sites is 1. The molecular weight excluding hydrogens is 297 g/mol. The minimum Gasteiger partial charge on any atom is -0.451 e. The van der Waals surface area contributed by atoms with Crippen molar-refractivity contribution in [1.29, 1.82) is 0 Å². The number of alkyl halides is 3. The zero-order chi connectivity index (χ0) is 14.8. The van der Waals surface area contributed by atoms with Crippen LogP contribution in [0.5, 0.6) is 0 Å². The van der Waals surface area contributed by atoms with Gasteiger partial charge in [-0.25, -0.2) is 0 Å². The third-order valence-corrected chi connectivity index (χ3v) is 2.81. The largest absolute Gasteiger partial charge is 0.451 e. The Labute approximate surface area is 117 Å². The summed E-state index contributed by atoms with van der Waals surface area (Å²) in [5.74, 6) is -0.372. The van der Waals surface area contributed by atoms with Gasteiger partial charge in [0.1, 0.15) is 6.61 Å². The van der Waals surface area contributed by atoms with Gasteiger partial charge in [0.15, 0.2) is 17.1 Å². The van der Waals surface area contributed by atoms with Crippen LogP contribution < -0.4 is 0 Å². The van der Waals surface area contributed by atoms with Gasteiger partial charge in [-0.15, -0.1) is 0 Å². The van der Waals surface area contributed by atoms with Gasteiger partial charge in [-0.05, 0) is 12.1 Å². The van der Waals surface area contributed by atoms with Crippen molar-refractivity contribution in [3.05, 3.63) is 35.0 Å². The molecule has 0 saturated carbocycles. The average molecular weight is 307 g/mol. The maximum atomic E-state index is 11.8. The molecule has 7 heteroatoms. The number of hydrogen-bond donors (Lipinski definition) is 0. The van der Waals surface area contributed by atoms with Gasteiger partial charge >= 0.3 is 6.18 Å². The average Bonchev–Trinajstić information content (AvgIpc) is 2.79. The topological polar surface area (TPSA) is 39.4 Å². The number of furan rings is 1. The van der Waals surface area contributed by atoms with E-state index >= 15 is 0 Å². The van der Waals surface area contributed by atoms with Gasteiger partial charge in [-0.1, -0.05) is 23.7 Å². The molecule has 0 bridgehead atoms. The fourth-order valence-corrected chi connectivity index (χ4v) is 1.86. The summed E-state index contributed by atoms with van der Waals surface area (Å²) in [6.45, 7) is -1.69. The molecule has 20 heavy (non-hydrogen) atoms. The Bertz CT molecular complexity index is 619. The van der Waals surface area contributed by atoms with E-state index in [1.807, 2.05) is 0 Å². The molecule has 0 atom stereocenters. The van der Waals surface area contributed by atoms with Crippen LogP contribution in [0.15, 0.2) is 28.7 Å². The fourth-order valence-electron chi connectivity index (χ4n) is 1.64. The molecule has 0 saturated heterocycles. The van der Waals surface area contributed by atoms with Crippen LogP contribution in [-0.4, -0.2) is 25.2 Å². The summed E-state index contributed by atoms with van der Waals surface area (Å²) in [5.41, 5.74) is 0.383. The van der Waals surface area contributed by atoms with Gasteiger partial charge in [0.2, 0.25) is 0 Å². The summed E-state index contributed by atoms with van der Waals surface area (Å²) in [7, 11) is 0. The second-order valence-electron chi connectivity index (χ2n) is 4.11. The van der Waals surface area contributed by atoms with E-state index in [2.05, 4.69) is 4.74 Å². The normalized spacial score (nSPS) is 12.0. The number of rotatable bonds is 5. The quantitative estimate of drug-likeness (QED) is 0.613. The van der Waals surface area contributed by atoms with Crippen molar-refractivity contribution in [3.63, 3.8) is 0 Å². The summed E-state index contributed by atoms with van der Waals surface area (Å²) < 4.78 is 45.2. The van der Waals surface area contributed by atoms with Crippen molar-refractivity contribution in [2.45, 2.75) is 12.6 Å². The smallest absolute Gasteiger partial charge is 0.411 e. The van der Waals surface area contributed by atoms with Crippen LogP contribution in [0.1, 0.15) is 17.0 Å². The first-order valence-electron chi connectivity index (χ1n) is 5.72. The van der Waals surface area contributed by atoms with E-state index < -0.39 is 18.6 Å². The van der Waals surface area contributed by atoms with Crippen molar-refractivity contribution in [2.75, 3.05) is 13.2 Å². The Balaban J connectivity index is 1.96. The Morgan fingerprint density at radius 3 is 2.75 bits per heavy atom. The summed E-state index contributed by atoms with van der Waals surface area (Å²) in [6, 6.07) is 6.56. The molecule has 2 rings (SSSR count). The number of fused-ring (bicyclic) bond motifs is 1. The van der Waals surface area contributed by atoms with Crippen LogP contribution >= 0.6 is 11.6 Å². The molecule has 2 aromatic rings. The van der Waals surface area contributed by atoms with Gasteiger partial charge in [0, 0.05) is 11.8 Å². The molecule has 0 radical (unpaired) electrons. The van der Waals surface area contributed by atoms with Gasteiger partial charge in [-0.2, -0.15) is 13.2 Å². The number of ether oxygens (including phenoxy) is 1. The van der Waals surface area contributed by atoms with Crippen molar-refractivity contribution in [3.8, 4) is 0 Å². The van der Waals surface area contributed by atoms with Crippen LogP contribution in [0.4, 0.5) is 13.2 Å². The van der Waals surface area contributed by atoms with E-state index in [4.69, 9.17) is 16.0 Å². The van der Waals surface area contributed by atoms with Gasteiger partial charge in [0.25, 0.3) is 0 Å². The molecule has 0 unspecified atom stereocenters. The first-order valence-corrected chi connectivity index (χ1v) is 6.10. The van der Waals surface area contributed by atoms with E-state index in [0.717, 1.165) is 0 Å². The lowest BCUT2D eigenvalue weighted by Crippen LogP contribution is -2.18. The standard InChI is InChI=1S/C13H10ClF3O3/c14-9-3-1-2-8-6-11(20-12(8)9)10(18)4-5-19-7-13(15,16)17/h1-3,6H,4-5,7H2. The van der Waals surface area contributed by atoms with Crippen LogP contribution in [0.25, 0.3) is 11.0 Å². The summed E-state index contributed by atoms with van der Waals surface area (Å²) in [5, 5.41) is 1.03. The number of halogens is 4. The third-order valence-electron chi connectivity index (χ3n) is 2.51. The van der Waals surface area contributed by atoms with Gasteiger partial charge < -0.3 is 9.15 Å². The molecule has 0 aliphatic rings. The van der Waals surface area contributed by atoms with Crippen LogP contribution in [0.2, 0.25) is 5.02 Å². The molecule has 0 amide bonds. The monoisotopic (exact) mass is 306 g/mol. The maximum Gasteiger partial charge on any atom is 0.411 e. The zero-order valence-corrected chi connectivity index (χ0v) is 10.9. The molecule has 0 N–H and O–H groups in total. The maximum absolute atomic E-state index is 11.8. The van der Waals surface area contributed by atoms with E-state index in [1.54, 1.807) is 18.2 Å². The third kappa shape index (κ3) is 3.74. The minimum atomic E-state index is -4.39. The zero-order valence-electron chi connectivity index (χ0n) is 10.2. The lowest BCUT2D eigenvalue weighted by molar-refractivity contribution is -0.173. The number of carbonyl (C=O) groups excluding carboxylic acids is 1. The number of hydrogen-bond acceptors (Lipinski definition) is 3. The van der Waals surface area contributed by atoms with Crippen LogP contribution in [-0.2, 0) is 4.74 Å². The highest BCUT2D eigenvalue weighted by molar-refractivity contribution is 6.34. The Kier molecular flexibility index (Phi) is 4.35. The first-order chi connectivity index (χ1) is 9.37. The van der Waals surface area contributed by atoms with E-state index in [1.165, 1.54) is 6.07 Å².